The molecule has 10 heteroatoms. The summed E-state index contributed by atoms with van der Waals surface area (Å²) >= 11 is 0. The van der Waals surface area contributed by atoms with E-state index < -0.39 is 15.8 Å². The number of hydrogen-bond donors (Lipinski definition) is 0. The number of hydrogen-bond acceptors (Lipinski definition) is 7. The largest absolute Gasteiger partial charge is 0.463 e. The molecule has 0 aliphatic carbocycles. The predicted octanol–water partition coefficient (Wildman–Crippen LogP) is 5.68. The summed E-state index contributed by atoms with van der Waals surface area (Å²) in [5, 5.41) is 0. The minimum Gasteiger partial charge on any atom is -0.463 e. The van der Waals surface area contributed by atoms with Gasteiger partial charge in [0.05, 0.1) is 18.0 Å². The third kappa shape index (κ3) is 8.67. The van der Waals surface area contributed by atoms with E-state index in [2.05, 4.69) is 0 Å². The van der Waals surface area contributed by atoms with Gasteiger partial charge >= 0.3 is 6.09 Å². The molecule has 1 fully saturated rings. The summed E-state index contributed by atoms with van der Waals surface area (Å²) < 4.78 is 48.9. The maximum atomic E-state index is 12.4. The fraction of sp³-hybridized carbons (Fsp3) is 0.581. The average Bonchev–Trinajstić information content (AvgIpc) is 3.31. The Hall–Kier alpha value is -2.66. The van der Waals surface area contributed by atoms with Crippen molar-refractivity contribution in [2.75, 3.05) is 40.4 Å². The molecule has 2 aromatic rings. The molecular weight excluding hydrogens is 544 g/mol. The Labute approximate surface area is 244 Å². The van der Waals surface area contributed by atoms with Gasteiger partial charge in [0.25, 0.3) is 0 Å². The van der Waals surface area contributed by atoms with E-state index >= 15 is 0 Å². The van der Waals surface area contributed by atoms with Crippen molar-refractivity contribution in [1.29, 1.82) is 0 Å². The van der Waals surface area contributed by atoms with Gasteiger partial charge in [-0.2, -0.15) is 0 Å². The molecule has 1 atom stereocenters. The third-order valence-corrected chi connectivity index (χ3v) is 9.23. The van der Waals surface area contributed by atoms with Crippen molar-refractivity contribution in [2.45, 2.75) is 82.2 Å². The average molecular weight is 589 g/mol. The second kappa shape index (κ2) is 14.0. The molecule has 226 valence electrons. The molecule has 2 aliphatic heterocycles. The van der Waals surface area contributed by atoms with E-state index in [1.54, 1.807) is 37.2 Å². The molecular formula is C31H44N2O7S. The number of cyclic esters (lactones) is 1. The summed E-state index contributed by atoms with van der Waals surface area (Å²) in [6.07, 6.45) is 6.21. The number of carbonyl (C=O) groups excluding carboxylic acids is 1. The molecule has 0 N–H and O–H groups in total. The minimum absolute atomic E-state index is 0.254. The zero-order chi connectivity index (χ0) is 29.5. The topological polar surface area (TPSA) is 94.6 Å². The summed E-state index contributed by atoms with van der Waals surface area (Å²) in [5.74, 6) is 0.184. The Kier molecular flexibility index (Phi) is 10.7. The number of amides is 1. The van der Waals surface area contributed by atoms with E-state index in [0.717, 1.165) is 74.0 Å². The van der Waals surface area contributed by atoms with Crippen LogP contribution in [-0.4, -0.2) is 69.9 Å². The Morgan fingerprint density at radius 3 is 2.54 bits per heavy atom. The molecule has 9 nitrogen and oxygen atoms in total. The van der Waals surface area contributed by atoms with Crippen LogP contribution in [0.2, 0.25) is 0 Å². The predicted molar refractivity (Wildman–Crippen MR) is 156 cm³/mol. The van der Waals surface area contributed by atoms with Gasteiger partial charge in [0.15, 0.2) is 0 Å². The molecule has 0 aromatic heterocycles. The Balaban J connectivity index is 1.05. The van der Waals surface area contributed by atoms with Crippen molar-refractivity contribution in [1.82, 2.24) is 9.21 Å². The van der Waals surface area contributed by atoms with E-state index in [9.17, 15) is 13.2 Å². The van der Waals surface area contributed by atoms with Crippen molar-refractivity contribution in [3.8, 4) is 5.75 Å². The van der Waals surface area contributed by atoms with Crippen LogP contribution in [0.5, 0.6) is 5.75 Å². The summed E-state index contributed by atoms with van der Waals surface area (Å²) in [6.45, 7) is 6.95. The number of aryl methyl sites for hydroxylation is 1. The molecule has 2 aromatic carbocycles. The zero-order valence-electron chi connectivity index (χ0n) is 24.8. The lowest BCUT2D eigenvalue weighted by molar-refractivity contribution is -0.180. The molecule has 0 bridgehead atoms. The molecule has 0 radical (unpaired) electrons. The normalized spacial score (nSPS) is 18.3. The van der Waals surface area contributed by atoms with Crippen LogP contribution >= 0.6 is 0 Å². The SMILES string of the molecule is CN(C)S(=O)(=O)c1cccc(CCCCOCCCCCCN2CC(c3ccc4c(c3)COC(C)(C)O4)OC2=O)c1. The summed E-state index contributed by atoms with van der Waals surface area (Å²) in [7, 11) is -0.316. The molecule has 0 saturated carbocycles. The maximum absolute atomic E-state index is 12.4. The fourth-order valence-corrected chi connectivity index (χ4v) is 5.96. The van der Waals surface area contributed by atoms with Crippen molar-refractivity contribution in [3.05, 3.63) is 59.2 Å². The standard InChI is InChI=1S/C31H44N2O7S/c1-31(2)38-23-26-21-25(15-16-28(26)40-31)29-22-33(30(34)39-29)17-8-5-6-9-18-37-19-10-7-12-24-13-11-14-27(20-24)41(35,36)32(3)4/h11,13-16,20-21,29H,5-10,12,17-19,22-23H2,1-4H3. The lowest BCUT2D eigenvalue weighted by atomic mass is 10.0. The summed E-state index contributed by atoms with van der Waals surface area (Å²) in [6, 6.07) is 13.1. The first-order valence-corrected chi connectivity index (χ1v) is 16.0. The van der Waals surface area contributed by atoms with Crippen LogP contribution in [0.1, 0.15) is 75.2 Å². The van der Waals surface area contributed by atoms with Gasteiger partial charge in [-0.15, -0.1) is 0 Å². The van der Waals surface area contributed by atoms with Gasteiger partial charge in [0.2, 0.25) is 15.8 Å². The number of nitrogens with zero attached hydrogens (tertiary/aromatic N) is 2. The smallest absolute Gasteiger partial charge is 0.410 e. The molecule has 41 heavy (non-hydrogen) atoms. The van der Waals surface area contributed by atoms with E-state index in [0.29, 0.717) is 31.2 Å². The van der Waals surface area contributed by atoms with Crippen LogP contribution in [0.25, 0.3) is 0 Å². The Morgan fingerprint density at radius 1 is 1.00 bits per heavy atom. The first kappa shape index (κ1) is 31.3. The van der Waals surface area contributed by atoms with E-state index in [1.165, 1.54) is 4.31 Å². The van der Waals surface area contributed by atoms with Crippen LogP contribution in [-0.2, 0) is 37.3 Å². The highest BCUT2D eigenvalue weighted by atomic mass is 32.2. The van der Waals surface area contributed by atoms with E-state index in [-0.39, 0.29) is 12.2 Å². The number of fused-ring (bicyclic) bond motifs is 1. The number of benzene rings is 2. The summed E-state index contributed by atoms with van der Waals surface area (Å²) in [5.41, 5.74) is 2.97. The van der Waals surface area contributed by atoms with Gasteiger partial charge < -0.3 is 23.8 Å². The van der Waals surface area contributed by atoms with Crippen LogP contribution in [0.3, 0.4) is 0 Å². The lowest BCUT2D eigenvalue weighted by Crippen LogP contribution is -2.35. The van der Waals surface area contributed by atoms with Crippen LogP contribution in [0, 0.1) is 0 Å². The van der Waals surface area contributed by atoms with Crippen molar-refractivity contribution >= 4 is 16.1 Å². The molecule has 0 spiro atoms. The molecule has 2 aliphatic rings. The first-order valence-electron chi connectivity index (χ1n) is 14.6. The lowest BCUT2D eigenvalue weighted by Gasteiger charge is -2.32. The highest BCUT2D eigenvalue weighted by Gasteiger charge is 2.33. The van der Waals surface area contributed by atoms with Gasteiger partial charge in [-0.1, -0.05) is 31.0 Å². The minimum atomic E-state index is -3.40. The summed E-state index contributed by atoms with van der Waals surface area (Å²) in [4.78, 5) is 14.5. The third-order valence-electron chi connectivity index (χ3n) is 7.42. The monoisotopic (exact) mass is 588 g/mol. The second-order valence-electron chi connectivity index (χ2n) is 11.4. The van der Waals surface area contributed by atoms with Gasteiger partial charge in [-0.3, -0.25) is 0 Å². The van der Waals surface area contributed by atoms with Crippen molar-refractivity contribution in [2.24, 2.45) is 0 Å². The van der Waals surface area contributed by atoms with Gasteiger partial charge in [-0.25, -0.2) is 17.5 Å². The number of unbranched alkanes of at least 4 members (excludes halogenated alkanes) is 4. The number of sulfonamides is 1. The Bertz CT molecular complexity index is 1280. The van der Waals surface area contributed by atoms with Crippen LogP contribution in [0.4, 0.5) is 4.79 Å². The second-order valence-corrected chi connectivity index (χ2v) is 13.5. The van der Waals surface area contributed by atoms with Gasteiger partial charge in [-0.05, 0) is 67.5 Å². The maximum Gasteiger partial charge on any atom is 0.410 e. The van der Waals surface area contributed by atoms with E-state index in [4.69, 9.17) is 18.9 Å². The van der Waals surface area contributed by atoms with Crippen LogP contribution < -0.4 is 4.74 Å². The van der Waals surface area contributed by atoms with Crippen LogP contribution in [0.15, 0.2) is 47.4 Å². The zero-order valence-corrected chi connectivity index (χ0v) is 25.6. The molecule has 2 heterocycles. The first-order chi connectivity index (χ1) is 19.5. The Morgan fingerprint density at radius 2 is 1.76 bits per heavy atom. The van der Waals surface area contributed by atoms with Crippen molar-refractivity contribution < 1.29 is 32.2 Å². The quantitative estimate of drug-likeness (QED) is 0.247. The van der Waals surface area contributed by atoms with E-state index in [1.807, 2.05) is 38.1 Å². The van der Waals surface area contributed by atoms with Gasteiger partial charge in [0.1, 0.15) is 11.9 Å². The number of rotatable bonds is 15. The molecule has 4 rings (SSSR count). The highest BCUT2D eigenvalue weighted by Crippen LogP contribution is 2.35. The highest BCUT2D eigenvalue weighted by molar-refractivity contribution is 7.89. The fourth-order valence-electron chi connectivity index (χ4n) is 4.99. The molecule has 1 amide bonds. The number of carbonyl (C=O) groups is 1. The molecule has 1 unspecified atom stereocenters. The number of ether oxygens (including phenoxy) is 4. The van der Waals surface area contributed by atoms with Crippen molar-refractivity contribution in [3.63, 3.8) is 0 Å². The van der Waals surface area contributed by atoms with Gasteiger partial charge in [0, 0.05) is 53.3 Å². The molecule has 1 saturated heterocycles.